The summed E-state index contributed by atoms with van der Waals surface area (Å²) in [6.45, 7) is 1.29. The summed E-state index contributed by atoms with van der Waals surface area (Å²) in [6, 6.07) is 6.75. The summed E-state index contributed by atoms with van der Waals surface area (Å²) in [5.41, 5.74) is 0. The van der Waals surface area contributed by atoms with Crippen molar-refractivity contribution in [1.29, 1.82) is 0 Å². The predicted octanol–water partition coefficient (Wildman–Crippen LogP) is 0.558. The third-order valence-corrected chi connectivity index (χ3v) is 3.16. The van der Waals surface area contributed by atoms with Crippen molar-refractivity contribution in [3.05, 3.63) is 29.3 Å². The van der Waals surface area contributed by atoms with Crippen LogP contribution in [0.4, 0.5) is 0 Å². The van der Waals surface area contributed by atoms with Crippen LogP contribution in [0.25, 0.3) is 0 Å². The van der Waals surface area contributed by atoms with Crippen molar-refractivity contribution >= 4 is 17.5 Å². The highest BCUT2D eigenvalue weighted by Crippen LogP contribution is 2.15. The molecule has 0 radical (unpaired) electrons. The van der Waals surface area contributed by atoms with Crippen LogP contribution in [-0.4, -0.2) is 42.9 Å². The molecule has 6 heteroatoms. The number of benzene rings is 1. The first-order valence-corrected chi connectivity index (χ1v) is 6.60. The van der Waals surface area contributed by atoms with Gasteiger partial charge in [-0.3, -0.25) is 4.79 Å². The number of amides is 1. The van der Waals surface area contributed by atoms with Crippen molar-refractivity contribution < 1.29 is 14.6 Å². The van der Waals surface area contributed by atoms with Crippen LogP contribution in [0.3, 0.4) is 0 Å². The molecule has 0 saturated carbocycles. The molecule has 5 nitrogen and oxygen atoms in total. The molecule has 3 N–H and O–H groups in total. The van der Waals surface area contributed by atoms with E-state index < -0.39 is 6.10 Å². The Morgan fingerprint density at radius 3 is 2.84 bits per heavy atom. The van der Waals surface area contributed by atoms with Crippen LogP contribution in [0, 0.1) is 0 Å². The first-order chi connectivity index (χ1) is 9.15. The van der Waals surface area contributed by atoms with Gasteiger partial charge in [0.1, 0.15) is 12.4 Å². The van der Waals surface area contributed by atoms with Gasteiger partial charge in [-0.2, -0.15) is 0 Å². The Kier molecular flexibility index (Phi) is 5.01. The Morgan fingerprint density at radius 1 is 1.47 bits per heavy atom. The maximum Gasteiger partial charge on any atom is 0.237 e. The minimum absolute atomic E-state index is 0.101. The summed E-state index contributed by atoms with van der Waals surface area (Å²) < 4.78 is 5.45. The molecule has 19 heavy (non-hydrogen) atoms. The molecule has 2 atom stereocenters. The van der Waals surface area contributed by atoms with Crippen molar-refractivity contribution in [2.75, 3.05) is 19.7 Å². The number of hydrogen-bond donors (Lipinski definition) is 3. The third kappa shape index (κ3) is 4.38. The number of carbonyl (C=O) groups is 1. The molecular weight excluding hydrogens is 268 g/mol. The van der Waals surface area contributed by atoms with Gasteiger partial charge in [0.25, 0.3) is 0 Å². The van der Waals surface area contributed by atoms with E-state index in [1.807, 2.05) is 0 Å². The van der Waals surface area contributed by atoms with Crippen LogP contribution < -0.4 is 15.4 Å². The molecule has 0 unspecified atom stereocenters. The summed E-state index contributed by atoms with van der Waals surface area (Å²) in [5, 5.41) is 15.7. The van der Waals surface area contributed by atoms with Gasteiger partial charge < -0.3 is 20.5 Å². The average Bonchev–Trinajstić information content (AvgIpc) is 2.83. The van der Waals surface area contributed by atoms with Gasteiger partial charge >= 0.3 is 0 Å². The minimum atomic E-state index is -0.430. The summed E-state index contributed by atoms with van der Waals surface area (Å²) in [7, 11) is 0. The molecule has 1 saturated heterocycles. The molecule has 1 fully saturated rings. The zero-order valence-corrected chi connectivity index (χ0v) is 11.2. The minimum Gasteiger partial charge on any atom is -0.492 e. The molecule has 1 aromatic rings. The van der Waals surface area contributed by atoms with E-state index in [1.165, 1.54) is 0 Å². The quantitative estimate of drug-likeness (QED) is 0.691. The van der Waals surface area contributed by atoms with E-state index in [-0.39, 0.29) is 11.9 Å². The Morgan fingerprint density at radius 2 is 2.21 bits per heavy atom. The first kappa shape index (κ1) is 14.1. The molecule has 0 spiro atoms. The van der Waals surface area contributed by atoms with Crippen LogP contribution in [-0.2, 0) is 4.79 Å². The molecule has 1 aliphatic heterocycles. The molecule has 1 aliphatic rings. The van der Waals surface area contributed by atoms with E-state index >= 15 is 0 Å². The molecule has 0 aliphatic carbocycles. The molecule has 1 aromatic carbocycles. The zero-order chi connectivity index (χ0) is 13.7. The van der Waals surface area contributed by atoms with E-state index in [2.05, 4.69) is 10.6 Å². The van der Waals surface area contributed by atoms with Crippen LogP contribution in [0.15, 0.2) is 24.3 Å². The lowest BCUT2D eigenvalue weighted by molar-refractivity contribution is -0.123. The number of β-amino-alcohol motifs (C(OH)–C–C–N with tert-alkyl or cyclic N) is 1. The SMILES string of the molecule is O=C(NCCOc1ccc(Cl)cc1)[C@H]1C[C@H](O)CN1. The van der Waals surface area contributed by atoms with E-state index in [4.69, 9.17) is 16.3 Å². The lowest BCUT2D eigenvalue weighted by Crippen LogP contribution is -2.41. The number of aliphatic hydroxyl groups excluding tert-OH is 1. The van der Waals surface area contributed by atoms with E-state index in [9.17, 15) is 9.90 Å². The lowest BCUT2D eigenvalue weighted by atomic mass is 10.2. The molecule has 1 heterocycles. The number of ether oxygens (including phenoxy) is 1. The maximum atomic E-state index is 11.7. The van der Waals surface area contributed by atoms with Crippen LogP contribution in [0.1, 0.15) is 6.42 Å². The van der Waals surface area contributed by atoms with Gasteiger partial charge in [-0.1, -0.05) is 11.6 Å². The fourth-order valence-electron chi connectivity index (χ4n) is 1.91. The van der Waals surface area contributed by atoms with E-state index in [0.717, 1.165) is 0 Å². The monoisotopic (exact) mass is 284 g/mol. The number of rotatable bonds is 5. The van der Waals surface area contributed by atoms with Gasteiger partial charge in [-0.25, -0.2) is 0 Å². The fourth-order valence-corrected chi connectivity index (χ4v) is 2.04. The molecule has 0 bridgehead atoms. The Labute approximate surface area is 116 Å². The van der Waals surface area contributed by atoms with Crippen molar-refractivity contribution in [3.8, 4) is 5.75 Å². The topological polar surface area (TPSA) is 70.6 Å². The number of halogens is 1. The second-order valence-corrected chi connectivity index (χ2v) is 4.88. The molecule has 104 valence electrons. The Bertz CT molecular complexity index is 424. The van der Waals surface area contributed by atoms with Crippen LogP contribution in [0.2, 0.25) is 5.02 Å². The summed E-state index contributed by atoms with van der Waals surface area (Å²) in [4.78, 5) is 11.7. The third-order valence-electron chi connectivity index (χ3n) is 2.91. The highest BCUT2D eigenvalue weighted by atomic mass is 35.5. The van der Waals surface area contributed by atoms with Gasteiger partial charge in [-0.05, 0) is 30.7 Å². The average molecular weight is 285 g/mol. The van der Waals surface area contributed by atoms with E-state index in [0.29, 0.717) is 36.9 Å². The van der Waals surface area contributed by atoms with E-state index in [1.54, 1.807) is 24.3 Å². The van der Waals surface area contributed by atoms with Crippen molar-refractivity contribution in [3.63, 3.8) is 0 Å². The number of hydrogen-bond acceptors (Lipinski definition) is 4. The number of nitrogens with one attached hydrogen (secondary N) is 2. The summed E-state index contributed by atoms with van der Waals surface area (Å²) in [6.07, 6.45) is 0.0326. The normalized spacial score (nSPS) is 22.2. The summed E-state index contributed by atoms with van der Waals surface area (Å²) >= 11 is 5.76. The highest BCUT2D eigenvalue weighted by Gasteiger charge is 2.27. The van der Waals surface area contributed by atoms with Gasteiger partial charge in [-0.15, -0.1) is 0 Å². The van der Waals surface area contributed by atoms with Crippen molar-refractivity contribution in [2.45, 2.75) is 18.6 Å². The van der Waals surface area contributed by atoms with Crippen molar-refractivity contribution in [2.24, 2.45) is 0 Å². The molecule has 1 amide bonds. The van der Waals surface area contributed by atoms with Gasteiger partial charge in [0, 0.05) is 11.6 Å². The number of carbonyl (C=O) groups excluding carboxylic acids is 1. The highest BCUT2D eigenvalue weighted by molar-refractivity contribution is 6.30. The van der Waals surface area contributed by atoms with Gasteiger partial charge in [0.15, 0.2) is 0 Å². The zero-order valence-electron chi connectivity index (χ0n) is 10.4. The largest absolute Gasteiger partial charge is 0.492 e. The standard InChI is InChI=1S/C13H17ClN2O3/c14-9-1-3-11(4-2-9)19-6-5-15-13(18)12-7-10(17)8-16-12/h1-4,10,12,16-17H,5-8H2,(H,15,18)/t10-,12+/m0/s1. The number of aliphatic hydroxyl groups is 1. The molecule has 0 aromatic heterocycles. The molecule has 2 rings (SSSR count). The van der Waals surface area contributed by atoms with Crippen molar-refractivity contribution in [1.82, 2.24) is 10.6 Å². The maximum absolute atomic E-state index is 11.7. The van der Waals surface area contributed by atoms with Crippen LogP contribution >= 0.6 is 11.6 Å². The second-order valence-electron chi connectivity index (χ2n) is 4.44. The fraction of sp³-hybridized carbons (Fsp3) is 0.462. The van der Waals surface area contributed by atoms with Gasteiger partial charge in [0.05, 0.1) is 18.7 Å². The first-order valence-electron chi connectivity index (χ1n) is 6.22. The lowest BCUT2D eigenvalue weighted by Gasteiger charge is -2.11. The second kappa shape index (κ2) is 6.75. The van der Waals surface area contributed by atoms with Crippen LogP contribution in [0.5, 0.6) is 5.75 Å². The predicted molar refractivity (Wildman–Crippen MR) is 72.4 cm³/mol. The van der Waals surface area contributed by atoms with Gasteiger partial charge in [0.2, 0.25) is 5.91 Å². The Hall–Kier alpha value is -1.30. The smallest absolute Gasteiger partial charge is 0.237 e. The summed E-state index contributed by atoms with van der Waals surface area (Å²) in [5.74, 6) is 0.615. The Balaban J connectivity index is 1.64. The molecular formula is C13H17ClN2O3.